The molecule has 0 fully saturated rings. The van der Waals surface area contributed by atoms with E-state index in [1.807, 2.05) is 33.8 Å². The molecule has 0 spiro atoms. The molecule has 0 saturated heterocycles. The van der Waals surface area contributed by atoms with E-state index in [0.717, 1.165) is 0 Å². The molecule has 0 saturated carbocycles. The zero-order valence-corrected chi connectivity index (χ0v) is 8.96. The highest BCUT2D eigenvalue weighted by Crippen LogP contribution is 2.22. The van der Waals surface area contributed by atoms with E-state index in [4.69, 9.17) is 9.68 Å². The summed E-state index contributed by atoms with van der Waals surface area (Å²) in [5, 5.41) is 11.8. The zero-order chi connectivity index (χ0) is 10.7. The van der Waals surface area contributed by atoms with Crippen LogP contribution in [0.2, 0.25) is 0 Å². The summed E-state index contributed by atoms with van der Waals surface area (Å²) in [6.45, 7) is 7.93. The summed E-state index contributed by atoms with van der Waals surface area (Å²) >= 11 is 0. The first-order chi connectivity index (χ1) is 6.54. The second-order valence-electron chi connectivity index (χ2n) is 3.80. The van der Waals surface area contributed by atoms with E-state index < -0.39 is 0 Å². The van der Waals surface area contributed by atoms with Crippen molar-refractivity contribution in [2.75, 3.05) is 5.32 Å². The van der Waals surface area contributed by atoms with E-state index in [-0.39, 0.29) is 12.0 Å². The normalized spacial score (nSPS) is 10.6. The maximum Gasteiger partial charge on any atom is 0.296 e. The Morgan fingerprint density at radius 1 is 1.36 bits per heavy atom. The van der Waals surface area contributed by atoms with E-state index in [1.54, 1.807) is 0 Å². The molecule has 4 heteroatoms. The monoisotopic (exact) mass is 193 g/mol. The molecule has 0 amide bonds. The third kappa shape index (κ3) is 2.25. The van der Waals surface area contributed by atoms with E-state index in [0.29, 0.717) is 17.5 Å². The number of nitriles is 1. The van der Waals surface area contributed by atoms with Crippen LogP contribution in [0, 0.1) is 11.3 Å². The third-order valence-corrected chi connectivity index (χ3v) is 1.70. The topological polar surface area (TPSA) is 61.9 Å². The van der Waals surface area contributed by atoms with Gasteiger partial charge in [0.05, 0.1) is 0 Å². The van der Waals surface area contributed by atoms with Crippen molar-refractivity contribution >= 4 is 6.01 Å². The summed E-state index contributed by atoms with van der Waals surface area (Å²) in [6, 6.07) is 2.71. The summed E-state index contributed by atoms with van der Waals surface area (Å²) in [4.78, 5) is 4.05. The lowest BCUT2D eigenvalue weighted by Crippen LogP contribution is -2.09. The number of nitrogens with zero attached hydrogens (tertiary/aromatic N) is 2. The smallest absolute Gasteiger partial charge is 0.296 e. The quantitative estimate of drug-likeness (QED) is 0.801. The summed E-state index contributed by atoms with van der Waals surface area (Å²) in [5.41, 5.74) is 0.378. The molecule has 0 unspecified atom stereocenters. The average Bonchev–Trinajstić information content (AvgIpc) is 2.46. The Hall–Kier alpha value is -1.50. The van der Waals surface area contributed by atoms with Crippen LogP contribution in [-0.2, 0) is 0 Å². The molecule has 76 valence electrons. The first-order valence-electron chi connectivity index (χ1n) is 4.72. The Bertz CT molecular complexity index is 347. The van der Waals surface area contributed by atoms with Crippen LogP contribution in [0.3, 0.4) is 0 Å². The SMILES string of the molecule is CC(C)Nc1nc(C#N)c(C(C)C)o1. The molecule has 0 radical (unpaired) electrons. The van der Waals surface area contributed by atoms with Crippen LogP contribution >= 0.6 is 0 Å². The van der Waals surface area contributed by atoms with Crippen LogP contribution in [0.1, 0.15) is 45.1 Å². The van der Waals surface area contributed by atoms with Gasteiger partial charge in [0, 0.05) is 12.0 Å². The van der Waals surface area contributed by atoms with Gasteiger partial charge < -0.3 is 9.73 Å². The lowest BCUT2D eigenvalue weighted by Gasteiger charge is -2.03. The minimum atomic E-state index is 0.180. The largest absolute Gasteiger partial charge is 0.427 e. The van der Waals surface area contributed by atoms with Crippen molar-refractivity contribution < 1.29 is 4.42 Å². The first kappa shape index (κ1) is 10.6. The minimum Gasteiger partial charge on any atom is -0.427 e. The van der Waals surface area contributed by atoms with Gasteiger partial charge in [0.2, 0.25) is 0 Å². The van der Waals surface area contributed by atoms with Crippen molar-refractivity contribution in [1.29, 1.82) is 5.26 Å². The molecule has 1 aromatic rings. The van der Waals surface area contributed by atoms with E-state index >= 15 is 0 Å². The predicted octanol–water partition coefficient (Wildman–Crippen LogP) is 2.49. The van der Waals surface area contributed by atoms with Crippen molar-refractivity contribution in [3.8, 4) is 6.07 Å². The molecule has 1 heterocycles. The van der Waals surface area contributed by atoms with Crippen molar-refractivity contribution in [3.63, 3.8) is 0 Å². The van der Waals surface area contributed by atoms with Crippen LogP contribution in [0.15, 0.2) is 4.42 Å². The van der Waals surface area contributed by atoms with Crippen LogP contribution in [-0.4, -0.2) is 11.0 Å². The molecular weight excluding hydrogens is 178 g/mol. The molecule has 14 heavy (non-hydrogen) atoms. The highest BCUT2D eigenvalue weighted by atomic mass is 16.4. The summed E-state index contributed by atoms with van der Waals surface area (Å²) in [6.07, 6.45) is 0. The van der Waals surface area contributed by atoms with Gasteiger partial charge in [-0.3, -0.25) is 0 Å². The zero-order valence-electron chi connectivity index (χ0n) is 8.96. The van der Waals surface area contributed by atoms with Crippen LogP contribution < -0.4 is 5.32 Å². The average molecular weight is 193 g/mol. The Morgan fingerprint density at radius 2 is 2.00 bits per heavy atom. The van der Waals surface area contributed by atoms with Gasteiger partial charge in [-0.1, -0.05) is 13.8 Å². The highest BCUT2D eigenvalue weighted by Gasteiger charge is 2.15. The van der Waals surface area contributed by atoms with Gasteiger partial charge in [-0.25, -0.2) is 0 Å². The second kappa shape index (κ2) is 4.14. The van der Waals surface area contributed by atoms with Gasteiger partial charge >= 0.3 is 0 Å². The fourth-order valence-corrected chi connectivity index (χ4v) is 1.11. The fourth-order valence-electron chi connectivity index (χ4n) is 1.11. The molecule has 0 aliphatic rings. The molecule has 0 aliphatic heterocycles. The summed E-state index contributed by atoms with van der Waals surface area (Å²) < 4.78 is 5.43. The van der Waals surface area contributed by atoms with Gasteiger partial charge in [-0.15, -0.1) is 0 Å². The molecule has 1 rings (SSSR count). The van der Waals surface area contributed by atoms with Crippen molar-refractivity contribution in [3.05, 3.63) is 11.5 Å². The van der Waals surface area contributed by atoms with E-state index in [9.17, 15) is 0 Å². The van der Waals surface area contributed by atoms with Crippen molar-refractivity contribution in [1.82, 2.24) is 4.98 Å². The molecule has 4 nitrogen and oxygen atoms in total. The van der Waals surface area contributed by atoms with Gasteiger partial charge in [0.25, 0.3) is 6.01 Å². The van der Waals surface area contributed by atoms with Gasteiger partial charge in [-0.2, -0.15) is 10.2 Å². The molecule has 0 atom stereocenters. The van der Waals surface area contributed by atoms with E-state index in [1.165, 1.54) is 0 Å². The molecule has 0 aromatic carbocycles. The Balaban J connectivity index is 2.96. The van der Waals surface area contributed by atoms with E-state index in [2.05, 4.69) is 10.3 Å². The molecule has 0 aliphatic carbocycles. The Morgan fingerprint density at radius 3 is 2.36 bits per heavy atom. The third-order valence-electron chi connectivity index (χ3n) is 1.70. The Kier molecular flexibility index (Phi) is 3.13. The Labute approximate surface area is 83.9 Å². The maximum atomic E-state index is 8.81. The lowest BCUT2D eigenvalue weighted by atomic mass is 10.1. The first-order valence-corrected chi connectivity index (χ1v) is 4.72. The number of rotatable bonds is 3. The van der Waals surface area contributed by atoms with Crippen molar-refractivity contribution in [2.24, 2.45) is 0 Å². The standard InChI is InChI=1S/C10H15N3O/c1-6(2)9-8(5-11)13-10(14-9)12-7(3)4/h6-7H,1-4H3,(H,12,13). The van der Waals surface area contributed by atoms with Crippen LogP contribution in [0.4, 0.5) is 6.01 Å². The number of nitrogens with one attached hydrogen (secondary N) is 1. The molecule has 1 aromatic heterocycles. The second-order valence-corrected chi connectivity index (χ2v) is 3.80. The lowest BCUT2D eigenvalue weighted by molar-refractivity contribution is 0.490. The van der Waals surface area contributed by atoms with Crippen LogP contribution in [0.5, 0.6) is 0 Å². The number of anilines is 1. The summed E-state index contributed by atoms with van der Waals surface area (Å²) in [5.74, 6) is 0.829. The predicted molar refractivity (Wildman–Crippen MR) is 54.1 cm³/mol. The highest BCUT2D eigenvalue weighted by molar-refractivity contribution is 5.34. The number of hydrogen-bond donors (Lipinski definition) is 1. The number of oxazole rings is 1. The van der Waals surface area contributed by atoms with Gasteiger partial charge in [0.1, 0.15) is 11.8 Å². The number of hydrogen-bond acceptors (Lipinski definition) is 4. The van der Waals surface area contributed by atoms with Gasteiger partial charge in [-0.05, 0) is 13.8 Å². The molecule has 0 bridgehead atoms. The number of aromatic nitrogens is 1. The maximum absolute atomic E-state index is 8.81. The summed E-state index contributed by atoms with van der Waals surface area (Å²) in [7, 11) is 0. The van der Waals surface area contributed by atoms with Crippen LogP contribution in [0.25, 0.3) is 0 Å². The fraction of sp³-hybridized carbons (Fsp3) is 0.600. The minimum absolute atomic E-state index is 0.180. The molecular formula is C10H15N3O. The van der Waals surface area contributed by atoms with Crippen molar-refractivity contribution in [2.45, 2.75) is 39.7 Å². The van der Waals surface area contributed by atoms with Gasteiger partial charge in [0.15, 0.2) is 5.69 Å². The molecule has 1 N–H and O–H groups in total.